The summed E-state index contributed by atoms with van der Waals surface area (Å²) in [4.78, 5) is 79.8. The number of hydrogen-bond acceptors (Lipinski definition) is 14. The minimum absolute atomic E-state index is 0.0898. The van der Waals surface area contributed by atoms with Crippen molar-refractivity contribution >= 4 is 37.0 Å². The molecular formula is C39H72N7O13P. The first-order valence-electron chi connectivity index (χ1n) is 21.2. The van der Waals surface area contributed by atoms with Gasteiger partial charge in [0.1, 0.15) is 24.8 Å². The monoisotopic (exact) mass is 877 g/mol. The molecule has 1 aliphatic carbocycles. The van der Waals surface area contributed by atoms with Crippen LogP contribution in [0.2, 0.25) is 0 Å². The molecule has 4 amide bonds. The maximum atomic E-state index is 13.1. The van der Waals surface area contributed by atoms with Gasteiger partial charge in [-0.2, -0.15) is 0 Å². The Bertz CT molecular complexity index is 1400. The van der Waals surface area contributed by atoms with E-state index in [0.717, 1.165) is 43.5 Å². The number of allylic oxidation sites excluding steroid dienone is 1. The summed E-state index contributed by atoms with van der Waals surface area (Å²) in [6, 6.07) is -2.40. The number of carbonyl (C=O) groups is 5. The maximum Gasteiger partial charge on any atom is 0.325 e. The average molecular weight is 878 g/mol. The fourth-order valence-corrected chi connectivity index (χ4v) is 6.89. The molecule has 20 nitrogen and oxygen atoms in total. The van der Waals surface area contributed by atoms with E-state index in [1.54, 1.807) is 20.8 Å². The Hall–Kier alpha value is -3.20. The molecule has 4 atom stereocenters. The van der Waals surface area contributed by atoms with Crippen molar-refractivity contribution in [2.75, 3.05) is 78.7 Å². The number of ether oxygens (including phenoxy) is 5. The molecule has 0 radical (unpaired) electrons. The molecule has 2 aliphatic rings. The lowest BCUT2D eigenvalue weighted by molar-refractivity contribution is -0.133. The number of ketones is 1. The van der Waals surface area contributed by atoms with Gasteiger partial charge in [-0.3, -0.25) is 33.5 Å². The average Bonchev–Trinajstić information content (AvgIpc) is 3.56. The Balaban J connectivity index is 1.65. The van der Waals surface area contributed by atoms with E-state index in [9.17, 15) is 28.5 Å². The molecule has 0 aromatic heterocycles. The summed E-state index contributed by atoms with van der Waals surface area (Å²) >= 11 is 0. The Morgan fingerprint density at radius 2 is 1.45 bits per heavy atom. The van der Waals surface area contributed by atoms with Gasteiger partial charge in [-0.05, 0) is 58.3 Å². The zero-order valence-corrected chi connectivity index (χ0v) is 37.1. The molecule has 0 bridgehead atoms. The van der Waals surface area contributed by atoms with Crippen molar-refractivity contribution in [1.29, 1.82) is 0 Å². The summed E-state index contributed by atoms with van der Waals surface area (Å²) in [5.74, 6) is -1.99. The third-order valence-corrected chi connectivity index (χ3v) is 10.7. The van der Waals surface area contributed by atoms with E-state index in [4.69, 9.17) is 33.5 Å². The number of nitrogens with one attached hydrogen (secondary N) is 6. The standard InChI is InChI=1S/C39H72N7O13P/c1-28(2)36(39(51)41-29(3)30(4)47)43-38(50)32(42-31(5)48)13-8-7-11-16-40-35(49)27-59-34-15-10-6-9-14-33-37(34)44-45-46(33)17-19-56-21-23-58-25-24-57-22-20-55-18-12-26-60(52,53)54/h28-29,32,34,36,44-45H,6-27H2,1-5H3,(H,40,49)(H,41,51)(H,42,48)(H,43,50)(H2,52,53,54)/t29-,32+,34?,36-/m0/s1. The number of unbranched alkanes of at least 4 members (excludes halogenated alkanes) is 2. The van der Waals surface area contributed by atoms with E-state index >= 15 is 0 Å². The van der Waals surface area contributed by atoms with E-state index < -0.39 is 37.5 Å². The Labute approximate surface area is 354 Å². The van der Waals surface area contributed by atoms with Gasteiger partial charge >= 0.3 is 7.60 Å². The van der Waals surface area contributed by atoms with Crippen LogP contribution in [-0.4, -0.2) is 147 Å². The van der Waals surface area contributed by atoms with Crippen molar-refractivity contribution in [3.05, 3.63) is 11.4 Å². The first kappa shape index (κ1) is 52.9. The number of rotatable bonds is 32. The van der Waals surface area contributed by atoms with Gasteiger partial charge in [-0.15, -0.1) is 5.53 Å². The molecule has 1 heterocycles. The normalized spacial score (nSPS) is 17.2. The van der Waals surface area contributed by atoms with E-state index in [-0.39, 0.29) is 49.0 Å². The van der Waals surface area contributed by atoms with E-state index in [1.807, 2.05) is 5.01 Å². The van der Waals surface area contributed by atoms with Crippen LogP contribution in [0.1, 0.15) is 98.8 Å². The van der Waals surface area contributed by atoms with Crippen LogP contribution in [0.4, 0.5) is 0 Å². The number of carbonyl (C=O) groups excluding carboxylic acids is 5. The highest BCUT2D eigenvalue weighted by Crippen LogP contribution is 2.34. The van der Waals surface area contributed by atoms with Crippen LogP contribution in [0.25, 0.3) is 0 Å². The summed E-state index contributed by atoms with van der Waals surface area (Å²) in [5, 5.41) is 13.0. The van der Waals surface area contributed by atoms with Crippen molar-refractivity contribution in [1.82, 2.24) is 37.2 Å². The van der Waals surface area contributed by atoms with Crippen LogP contribution < -0.4 is 32.2 Å². The van der Waals surface area contributed by atoms with Crippen LogP contribution in [0.3, 0.4) is 0 Å². The summed E-state index contributed by atoms with van der Waals surface area (Å²) in [6.07, 6.45) is 6.86. The van der Waals surface area contributed by atoms with E-state index in [0.29, 0.717) is 91.4 Å². The number of nitrogens with zero attached hydrogens (tertiary/aromatic N) is 1. The van der Waals surface area contributed by atoms with Crippen LogP contribution >= 0.6 is 7.60 Å². The van der Waals surface area contributed by atoms with Crippen molar-refractivity contribution < 1.29 is 62.0 Å². The molecule has 8 N–H and O–H groups in total. The highest BCUT2D eigenvalue weighted by atomic mass is 31.2. The van der Waals surface area contributed by atoms with Gasteiger partial charge in [-0.25, -0.2) is 0 Å². The quantitative estimate of drug-likeness (QED) is 0.0345. The summed E-state index contributed by atoms with van der Waals surface area (Å²) in [7, 11) is -3.98. The number of Topliss-reactive ketones (excluding diaryl/α,β-unsaturated/α-hetero) is 1. The predicted octanol–water partition coefficient (Wildman–Crippen LogP) is 0.922. The van der Waals surface area contributed by atoms with Crippen molar-refractivity contribution in [3.8, 4) is 0 Å². The first-order valence-corrected chi connectivity index (χ1v) is 23.0. The lowest BCUT2D eigenvalue weighted by atomic mass is 9.99. The molecule has 2 rings (SSSR count). The molecule has 60 heavy (non-hydrogen) atoms. The summed E-state index contributed by atoms with van der Waals surface area (Å²) in [6.45, 7) is 11.9. The van der Waals surface area contributed by atoms with E-state index in [2.05, 4.69) is 32.2 Å². The van der Waals surface area contributed by atoms with Gasteiger partial charge in [0.25, 0.3) is 0 Å². The van der Waals surface area contributed by atoms with Crippen LogP contribution in [0.15, 0.2) is 11.4 Å². The van der Waals surface area contributed by atoms with Crippen molar-refractivity contribution in [2.24, 2.45) is 5.92 Å². The molecule has 1 aliphatic heterocycles. The van der Waals surface area contributed by atoms with Gasteiger partial charge in [0, 0.05) is 20.1 Å². The highest BCUT2D eigenvalue weighted by molar-refractivity contribution is 7.51. The minimum Gasteiger partial charge on any atom is -0.379 e. The second kappa shape index (κ2) is 29.9. The largest absolute Gasteiger partial charge is 0.379 e. The van der Waals surface area contributed by atoms with Gasteiger partial charge < -0.3 is 60.2 Å². The topological polar surface area (TPSA) is 264 Å². The second-order valence-electron chi connectivity index (χ2n) is 15.4. The number of amides is 4. The maximum absolute atomic E-state index is 13.1. The molecule has 0 fully saturated rings. The lowest BCUT2D eigenvalue weighted by Gasteiger charge is -2.26. The smallest absolute Gasteiger partial charge is 0.325 e. The van der Waals surface area contributed by atoms with Crippen molar-refractivity contribution in [2.45, 2.75) is 123 Å². The van der Waals surface area contributed by atoms with Gasteiger partial charge in [-0.1, -0.05) is 39.5 Å². The van der Waals surface area contributed by atoms with Crippen LogP contribution in [0, 0.1) is 5.92 Å². The number of hydrazine groups is 2. The SMILES string of the molecule is CC(=O)N[C@H](CCCCCNC(=O)COC1CCCCCC2=C1NNN2CCOCCOCCOCCOCCCP(=O)(O)O)C(=O)N[C@H](C(=O)N[C@@H](C)C(C)=O)C(C)C. The van der Waals surface area contributed by atoms with Gasteiger partial charge in [0.2, 0.25) is 23.6 Å². The second-order valence-corrected chi connectivity index (χ2v) is 17.1. The lowest BCUT2D eigenvalue weighted by Crippen LogP contribution is -2.56. The minimum atomic E-state index is -3.98. The zero-order valence-electron chi connectivity index (χ0n) is 36.2. The molecule has 21 heteroatoms. The molecule has 346 valence electrons. The van der Waals surface area contributed by atoms with Crippen LogP contribution in [0.5, 0.6) is 0 Å². The van der Waals surface area contributed by atoms with Crippen LogP contribution in [-0.2, 0) is 52.2 Å². The van der Waals surface area contributed by atoms with Crippen molar-refractivity contribution in [3.63, 3.8) is 0 Å². The Morgan fingerprint density at radius 3 is 2.07 bits per heavy atom. The molecule has 0 saturated heterocycles. The molecule has 0 saturated carbocycles. The van der Waals surface area contributed by atoms with E-state index in [1.165, 1.54) is 13.8 Å². The Kier molecular flexibility index (Phi) is 26.4. The predicted molar refractivity (Wildman–Crippen MR) is 222 cm³/mol. The third-order valence-electron chi connectivity index (χ3n) is 9.79. The first-order chi connectivity index (χ1) is 28.6. The molecular weight excluding hydrogens is 805 g/mol. The Morgan fingerprint density at radius 1 is 0.800 bits per heavy atom. The molecule has 1 unspecified atom stereocenters. The summed E-state index contributed by atoms with van der Waals surface area (Å²) in [5.41, 5.74) is 8.50. The third kappa shape index (κ3) is 23.1. The van der Waals surface area contributed by atoms with Gasteiger partial charge in [0.15, 0.2) is 5.78 Å². The zero-order chi connectivity index (χ0) is 44.3. The highest BCUT2D eigenvalue weighted by Gasteiger charge is 2.31. The van der Waals surface area contributed by atoms with Gasteiger partial charge in [0.05, 0.1) is 76.4 Å². The molecule has 0 aromatic carbocycles. The molecule has 0 aromatic rings. The number of hydrogen-bond donors (Lipinski definition) is 8. The fourth-order valence-electron chi connectivity index (χ4n) is 6.35. The summed E-state index contributed by atoms with van der Waals surface area (Å²) < 4.78 is 39.0. The molecule has 0 spiro atoms. The fraction of sp³-hybridized carbons (Fsp3) is 0.821.